The number of hydrogen-bond donors (Lipinski definition) is 1. The van der Waals surface area contributed by atoms with Gasteiger partial charge in [0.25, 0.3) is 0 Å². The monoisotopic (exact) mass is 503 g/mol. The average Bonchev–Trinajstić information content (AvgIpc) is 3.34. The van der Waals surface area contributed by atoms with Crippen molar-refractivity contribution in [1.82, 2.24) is 19.3 Å². The molecule has 34 heavy (non-hydrogen) atoms. The van der Waals surface area contributed by atoms with E-state index in [1.165, 1.54) is 38.8 Å². The SMILES string of the molecule is Cc1c2c(=O)n(-c3nc4ccccc4s3)[n-]c2cc(=O)n1CCc1ccc(S(N)(=O)=O)cc1.[Na+]. The first kappa shape index (κ1) is 24.6. The molecule has 0 atom stereocenters. The number of nitrogens with zero attached hydrogens (tertiary/aromatic N) is 4. The molecule has 0 aliphatic rings. The van der Waals surface area contributed by atoms with E-state index < -0.39 is 10.0 Å². The zero-order valence-electron chi connectivity index (χ0n) is 18.4. The number of benzene rings is 2. The fraction of sp³-hybridized carbons (Fsp3) is 0.136. The molecule has 3 aromatic heterocycles. The van der Waals surface area contributed by atoms with Gasteiger partial charge in [-0.15, -0.1) is 5.52 Å². The van der Waals surface area contributed by atoms with E-state index in [9.17, 15) is 18.0 Å². The van der Waals surface area contributed by atoms with Gasteiger partial charge < -0.3 is 14.3 Å². The van der Waals surface area contributed by atoms with Crippen molar-refractivity contribution in [2.45, 2.75) is 24.8 Å². The Morgan fingerprint density at radius 1 is 1.09 bits per heavy atom. The summed E-state index contributed by atoms with van der Waals surface area (Å²) in [6, 6.07) is 15.1. The zero-order chi connectivity index (χ0) is 23.3. The number of hydrogen-bond acceptors (Lipinski definition) is 6. The Kier molecular flexibility index (Phi) is 6.69. The second kappa shape index (κ2) is 9.25. The van der Waals surface area contributed by atoms with Crippen molar-refractivity contribution in [3.05, 3.63) is 86.6 Å². The normalized spacial score (nSPS) is 11.7. The molecule has 5 rings (SSSR count). The predicted octanol–water partition coefficient (Wildman–Crippen LogP) is -1.08. The Balaban J connectivity index is 0.00000274. The largest absolute Gasteiger partial charge is 1.00 e. The van der Waals surface area contributed by atoms with E-state index in [1.807, 2.05) is 24.3 Å². The Labute approximate surface area is 220 Å². The van der Waals surface area contributed by atoms with Gasteiger partial charge in [-0.25, -0.2) is 18.5 Å². The van der Waals surface area contributed by atoms with E-state index in [-0.39, 0.29) is 45.6 Å². The minimum atomic E-state index is -3.76. The molecule has 0 amide bonds. The van der Waals surface area contributed by atoms with Gasteiger partial charge in [0.15, 0.2) is 5.13 Å². The third-order valence-electron chi connectivity index (χ3n) is 5.50. The van der Waals surface area contributed by atoms with Crippen LogP contribution in [0.4, 0.5) is 0 Å². The number of pyridine rings is 1. The van der Waals surface area contributed by atoms with E-state index in [4.69, 9.17) is 5.14 Å². The molecule has 0 radical (unpaired) electrons. The summed E-state index contributed by atoms with van der Waals surface area (Å²) in [4.78, 5) is 30.5. The van der Waals surface area contributed by atoms with E-state index in [0.29, 0.717) is 34.7 Å². The van der Waals surface area contributed by atoms with Crippen LogP contribution in [0.25, 0.3) is 26.3 Å². The molecular formula is C22H18N5NaO4S2. The van der Waals surface area contributed by atoms with Crippen molar-refractivity contribution in [3.63, 3.8) is 0 Å². The summed E-state index contributed by atoms with van der Waals surface area (Å²) in [6.07, 6.45) is 0.470. The molecule has 0 aliphatic heterocycles. The summed E-state index contributed by atoms with van der Waals surface area (Å²) in [5.41, 5.74) is 1.87. The number of aryl methyl sites for hydroxylation is 2. The van der Waals surface area contributed by atoms with Crippen LogP contribution < -0.4 is 50.9 Å². The number of sulfonamides is 1. The van der Waals surface area contributed by atoms with Crippen LogP contribution in [0.5, 0.6) is 0 Å². The minimum absolute atomic E-state index is 0. The maximum atomic E-state index is 13.2. The topological polar surface area (TPSA) is 131 Å². The van der Waals surface area contributed by atoms with E-state index >= 15 is 0 Å². The molecule has 2 aromatic carbocycles. The summed E-state index contributed by atoms with van der Waals surface area (Å²) in [5.74, 6) is 0. The molecule has 9 nitrogen and oxygen atoms in total. The number of nitrogens with two attached hydrogens (primary N) is 1. The van der Waals surface area contributed by atoms with Crippen molar-refractivity contribution < 1.29 is 38.0 Å². The van der Waals surface area contributed by atoms with Crippen molar-refractivity contribution in [2.75, 3.05) is 0 Å². The molecular weight excluding hydrogens is 485 g/mol. The van der Waals surface area contributed by atoms with E-state index in [0.717, 1.165) is 15.8 Å². The van der Waals surface area contributed by atoms with Crippen LogP contribution in [-0.2, 0) is 23.0 Å². The molecule has 168 valence electrons. The summed E-state index contributed by atoms with van der Waals surface area (Å²) in [5, 5.41) is 10.3. The molecule has 0 fully saturated rings. The molecule has 0 aliphatic carbocycles. The van der Waals surface area contributed by atoms with Gasteiger partial charge in [0.05, 0.1) is 15.1 Å². The van der Waals surface area contributed by atoms with Crippen molar-refractivity contribution in [2.24, 2.45) is 5.14 Å². The van der Waals surface area contributed by atoms with Crippen LogP contribution in [-0.4, -0.2) is 22.7 Å². The first-order valence-electron chi connectivity index (χ1n) is 10.0. The molecule has 0 spiro atoms. The van der Waals surface area contributed by atoms with Gasteiger partial charge in [-0.1, -0.05) is 35.6 Å². The Bertz CT molecular complexity index is 1720. The van der Waals surface area contributed by atoms with Gasteiger partial charge in [-0.2, -0.15) is 0 Å². The van der Waals surface area contributed by atoms with Crippen LogP contribution in [0.15, 0.2) is 69.1 Å². The Morgan fingerprint density at radius 3 is 2.47 bits per heavy atom. The van der Waals surface area contributed by atoms with Crippen molar-refractivity contribution >= 4 is 42.5 Å². The van der Waals surface area contributed by atoms with E-state index in [1.54, 1.807) is 19.1 Å². The average molecular weight is 504 g/mol. The molecule has 0 saturated carbocycles. The van der Waals surface area contributed by atoms with Crippen LogP contribution in [0.1, 0.15) is 11.3 Å². The Hall–Kier alpha value is -2.54. The molecule has 0 saturated heterocycles. The zero-order valence-corrected chi connectivity index (χ0v) is 22.1. The molecule has 2 N–H and O–H groups in total. The van der Waals surface area contributed by atoms with Crippen molar-refractivity contribution in [3.8, 4) is 5.13 Å². The molecule has 0 unspecified atom stereocenters. The minimum Gasteiger partial charge on any atom is -0.585 e. The number of rotatable bonds is 5. The van der Waals surface area contributed by atoms with Crippen LogP contribution in [0, 0.1) is 6.92 Å². The maximum Gasteiger partial charge on any atom is 1.00 e. The van der Waals surface area contributed by atoms with Crippen molar-refractivity contribution in [1.29, 1.82) is 0 Å². The quantitative estimate of drug-likeness (QED) is 0.304. The summed E-state index contributed by atoms with van der Waals surface area (Å²) >= 11 is 1.36. The van der Waals surface area contributed by atoms with Gasteiger partial charge in [-0.3, -0.25) is 9.59 Å². The molecule has 12 heteroatoms. The molecule has 5 aromatic rings. The Morgan fingerprint density at radius 2 is 1.79 bits per heavy atom. The van der Waals surface area contributed by atoms with Gasteiger partial charge in [0.1, 0.15) is 0 Å². The van der Waals surface area contributed by atoms with Gasteiger partial charge in [-0.05, 0) is 49.2 Å². The maximum absolute atomic E-state index is 13.2. The number of fused-ring (bicyclic) bond motifs is 2. The van der Waals surface area contributed by atoms with Crippen LogP contribution in [0.3, 0.4) is 0 Å². The first-order chi connectivity index (χ1) is 15.7. The smallest absolute Gasteiger partial charge is 0.585 e. The predicted molar refractivity (Wildman–Crippen MR) is 127 cm³/mol. The summed E-state index contributed by atoms with van der Waals surface area (Å²) in [6.45, 7) is 2.04. The van der Waals surface area contributed by atoms with Gasteiger partial charge in [0.2, 0.25) is 21.1 Å². The number of thiazole rings is 1. The molecule has 0 bridgehead atoms. The van der Waals surface area contributed by atoms with Crippen LogP contribution >= 0.6 is 11.3 Å². The van der Waals surface area contributed by atoms with Crippen LogP contribution in [0.2, 0.25) is 0 Å². The fourth-order valence-corrected chi connectivity index (χ4v) is 5.23. The number of para-hydroxylation sites is 1. The fourth-order valence-electron chi connectivity index (χ4n) is 3.80. The second-order valence-electron chi connectivity index (χ2n) is 7.60. The summed E-state index contributed by atoms with van der Waals surface area (Å²) < 4.78 is 26.5. The molecule has 3 heterocycles. The third kappa shape index (κ3) is 4.42. The standard InChI is InChI=1S/C22H19N5O4S2.Na/c1-13-20-17(25-27(21(20)29)22-24-16-4-2-3-5-18(16)32-22)12-19(28)26(13)11-10-14-6-8-15(9-7-14)33(23,30)31;/h2-9,12H,10-11H2,1H3,(H3,23,25,28,30,31);/q;+1/p-1. The van der Waals surface area contributed by atoms with Gasteiger partial charge in [0, 0.05) is 17.6 Å². The number of aromatic nitrogens is 4. The first-order valence-corrected chi connectivity index (χ1v) is 12.4. The third-order valence-corrected chi connectivity index (χ3v) is 7.44. The second-order valence-corrected chi connectivity index (χ2v) is 10.2. The number of primary sulfonamides is 1. The van der Waals surface area contributed by atoms with E-state index in [2.05, 4.69) is 10.1 Å². The van der Waals surface area contributed by atoms with Gasteiger partial charge >= 0.3 is 29.6 Å². The summed E-state index contributed by atoms with van der Waals surface area (Å²) in [7, 11) is -3.76.